The molecule has 0 radical (unpaired) electrons. The maximum atomic E-state index is 12.4. The van der Waals surface area contributed by atoms with Crippen LogP contribution in [0.3, 0.4) is 0 Å². The van der Waals surface area contributed by atoms with Crippen molar-refractivity contribution in [1.82, 2.24) is 0 Å². The molecule has 0 atom stereocenters. The predicted octanol–water partition coefficient (Wildman–Crippen LogP) is 6.02. The molecule has 0 saturated heterocycles. The molecule has 7 nitrogen and oxygen atoms in total. The maximum Gasteiger partial charge on any atom is 0.280 e. The highest BCUT2D eigenvalue weighted by atomic mass is 35.5. The van der Waals surface area contributed by atoms with Gasteiger partial charge in [-0.2, -0.15) is 5.26 Å². The van der Waals surface area contributed by atoms with Crippen molar-refractivity contribution in [2.24, 2.45) is 0 Å². The monoisotopic (exact) mass is 441 g/mol. The highest BCUT2D eigenvalue weighted by molar-refractivity contribution is 6.35. The number of benzene rings is 2. The van der Waals surface area contributed by atoms with Crippen LogP contribution in [0.5, 0.6) is 0 Å². The van der Waals surface area contributed by atoms with Crippen LogP contribution >= 0.6 is 23.2 Å². The van der Waals surface area contributed by atoms with Crippen LogP contribution in [-0.4, -0.2) is 10.8 Å². The first-order valence-corrected chi connectivity index (χ1v) is 9.27. The van der Waals surface area contributed by atoms with E-state index in [1.165, 1.54) is 42.5 Å². The molecule has 3 rings (SSSR count). The minimum absolute atomic E-state index is 0.101. The van der Waals surface area contributed by atoms with Gasteiger partial charge >= 0.3 is 0 Å². The van der Waals surface area contributed by atoms with Crippen LogP contribution < -0.4 is 5.32 Å². The molecular formula is C21H13Cl2N3O4. The van der Waals surface area contributed by atoms with Crippen LogP contribution in [0.4, 0.5) is 11.4 Å². The lowest BCUT2D eigenvalue weighted by Gasteiger charge is -2.05. The molecule has 0 aliphatic carbocycles. The first-order valence-electron chi connectivity index (χ1n) is 8.51. The van der Waals surface area contributed by atoms with E-state index in [0.29, 0.717) is 21.3 Å². The van der Waals surface area contributed by atoms with Crippen LogP contribution in [0.1, 0.15) is 11.3 Å². The van der Waals surface area contributed by atoms with Crippen LogP contribution in [-0.2, 0) is 4.79 Å². The molecule has 0 fully saturated rings. The lowest BCUT2D eigenvalue weighted by atomic mass is 10.1. The van der Waals surface area contributed by atoms with Gasteiger partial charge in [0.2, 0.25) is 0 Å². The lowest BCUT2D eigenvalue weighted by Crippen LogP contribution is -2.13. The zero-order chi connectivity index (χ0) is 21.8. The third kappa shape index (κ3) is 4.87. The Labute approximate surface area is 181 Å². The maximum absolute atomic E-state index is 12.4. The first-order chi connectivity index (χ1) is 14.3. The van der Waals surface area contributed by atoms with Crippen molar-refractivity contribution in [3.8, 4) is 17.4 Å². The minimum atomic E-state index is -0.685. The molecule has 1 heterocycles. The quantitative estimate of drug-likeness (QED) is 0.225. The largest absolute Gasteiger partial charge is 0.456 e. The number of nitrogens with one attached hydrogen (secondary N) is 1. The fraction of sp³-hybridized carbons (Fsp3) is 0.0476. The van der Waals surface area contributed by atoms with Crippen LogP contribution in [0, 0.1) is 28.4 Å². The van der Waals surface area contributed by atoms with Crippen molar-refractivity contribution in [2.45, 2.75) is 6.92 Å². The number of nitro benzene ring substituents is 1. The van der Waals surface area contributed by atoms with Gasteiger partial charge in [-0.3, -0.25) is 14.9 Å². The summed E-state index contributed by atoms with van der Waals surface area (Å²) in [6, 6.07) is 14.1. The molecule has 0 aliphatic heterocycles. The van der Waals surface area contributed by atoms with Gasteiger partial charge in [-0.05, 0) is 48.9 Å². The van der Waals surface area contributed by atoms with Gasteiger partial charge in [0.05, 0.1) is 10.5 Å². The summed E-state index contributed by atoms with van der Waals surface area (Å²) in [5.74, 6) is -0.252. The number of furan rings is 1. The molecule has 30 heavy (non-hydrogen) atoms. The van der Waals surface area contributed by atoms with Gasteiger partial charge in [0.25, 0.3) is 11.6 Å². The van der Waals surface area contributed by atoms with Gasteiger partial charge in [0.15, 0.2) is 0 Å². The molecule has 1 N–H and O–H groups in total. The number of carbonyl (C=O) groups excluding carboxylic acids is 1. The van der Waals surface area contributed by atoms with E-state index in [4.69, 9.17) is 27.6 Å². The van der Waals surface area contributed by atoms with E-state index >= 15 is 0 Å². The molecule has 0 spiro atoms. The number of nitriles is 1. The topological polar surface area (TPSA) is 109 Å². The number of nitro groups is 1. The van der Waals surface area contributed by atoms with Crippen LogP contribution in [0.25, 0.3) is 17.4 Å². The third-order valence-electron chi connectivity index (χ3n) is 4.01. The Morgan fingerprint density at radius 3 is 2.50 bits per heavy atom. The van der Waals surface area contributed by atoms with Crippen molar-refractivity contribution in [1.29, 1.82) is 5.26 Å². The van der Waals surface area contributed by atoms with Gasteiger partial charge in [0.1, 0.15) is 23.2 Å². The Kier molecular flexibility index (Phi) is 6.21. The van der Waals surface area contributed by atoms with Crippen LogP contribution in [0.15, 0.2) is 58.5 Å². The van der Waals surface area contributed by atoms with E-state index < -0.39 is 10.8 Å². The molecule has 9 heteroatoms. The zero-order valence-corrected chi connectivity index (χ0v) is 17.0. The van der Waals surface area contributed by atoms with E-state index in [1.54, 1.807) is 25.1 Å². The summed E-state index contributed by atoms with van der Waals surface area (Å²) < 4.78 is 5.62. The molecule has 150 valence electrons. The molecule has 1 aromatic heterocycles. The average Bonchev–Trinajstić information content (AvgIpc) is 3.13. The molecule has 0 unspecified atom stereocenters. The highest BCUT2D eigenvalue weighted by Gasteiger charge is 2.19. The van der Waals surface area contributed by atoms with Gasteiger partial charge in [-0.25, -0.2) is 0 Å². The summed E-state index contributed by atoms with van der Waals surface area (Å²) >= 11 is 11.8. The van der Waals surface area contributed by atoms with Crippen molar-refractivity contribution in [2.75, 3.05) is 5.32 Å². The Morgan fingerprint density at radius 1 is 1.17 bits per heavy atom. The Hall–Kier alpha value is -3.60. The molecule has 0 saturated carbocycles. The molecule has 0 aliphatic rings. The summed E-state index contributed by atoms with van der Waals surface area (Å²) in [4.78, 5) is 23.2. The lowest BCUT2D eigenvalue weighted by molar-refractivity contribution is -0.384. The fourth-order valence-corrected chi connectivity index (χ4v) is 3.22. The second-order valence-electron chi connectivity index (χ2n) is 6.26. The minimum Gasteiger partial charge on any atom is -0.456 e. The summed E-state index contributed by atoms with van der Waals surface area (Å²) in [5.41, 5.74) is 1.03. The molecule has 2 aromatic carbocycles. The van der Waals surface area contributed by atoms with E-state index in [0.717, 1.165) is 5.56 Å². The number of nitrogens with zero attached hydrogens (tertiary/aromatic N) is 2. The van der Waals surface area contributed by atoms with Crippen molar-refractivity contribution in [3.05, 3.63) is 85.6 Å². The molecular weight excluding hydrogens is 429 g/mol. The summed E-state index contributed by atoms with van der Waals surface area (Å²) in [7, 11) is 0. The number of halogens is 2. The number of carbonyl (C=O) groups is 1. The number of rotatable bonds is 5. The van der Waals surface area contributed by atoms with Gasteiger partial charge in [0, 0.05) is 27.9 Å². The molecule has 3 aromatic rings. The second kappa shape index (κ2) is 8.82. The number of aryl methyl sites for hydroxylation is 1. The number of anilines is 1. The number of hydrogen-bond acceptors (Lipinski definition) is 5. The molecule has 1 amide bonds. The first kappa shape index (κ1) is 21.1. The predicted molar refractivity (Wildman–Crippen MR) is 114 cm³/mol. The van der Waals surface area contributed by atoms with Crippen molar-refractivity contribution < 1.29 is 14.1 Å². The van der Waals surface area contributed by atoms with Crippen LogP contribution in [0.2, 0.25) is 10.0 Å². The summed E-state index contributed by atoms with van der Waals surface area (Å²) in [6.45, 7) is 1.75. The van der Waals surface area contributed by atoms with Gasteiger partial charge in [-0.1, -0.05) is 29.3 Å². The molecule has 0 bridgehead atoms. The Bertz CT molecular complexity index is 1200. The van der Waals surface area contributed by atoms with Gasteiger partial charge in [-0.15, -0.1) is 0 Å². The third-order valence-corrected chi connectivity index (χ3v) is 4.45. The normalized spacial score (nSPS) is 11.1. The summed E-state index contributed by atoms with van der Waals surface area (Å²) in [5, 5.41) is 23.9. The van der Waals surface area contributed by atoms with E-state index in [1.807, 2.05) is 0 Å². The standard InChI is InChI=1S/C21H13Cl2N3O4/c1-12-2-4-18(19(6-12)26(28)29)20-5-3-17(30-20)7-13(11-24)21(27)25-16-9-14(22)8-15(23)10-16/h2-10H,1H3,(H,25,27)/b13-7+. The van der Waals surface area contributed by atoms with Gasteiger partial charge < -0.3 is 9.73 Å². The zero-order valence-electron chi connectivity index (χ0n) is 15.5. The Morgan fingerprint density at radius 2 is 1.87 bits per heavy atom. The van der Waals surface area contributed by atoms with Crippen molar-refractivity contribution >= 4 is 46.6 Å². The van der Waals surface area contributed by atoms with E-state index in [9.17, 15) is 20.2 Å². The van der Waals surface area contributed by atoms with E-state index in [-0.39, 0.29) is 22.8 Å². The second-order valence-corrected chi connectivity index (χ2v) is 7.13. The smallest absolute Gasteiger partial charge is 0.280 e. The van der Waals surface area contributed by atoms with Crippen molar-refractivity contribution in [3.63, 3.8) is 0 Å². The highest BCUT2D eigenvalue weighted by Crippen LogP contribution is 2.32. The fourth-order valence-electron chi connectivity index (χ4n) is 2.69. The Balaban J connectivity index is 1.88. The van der Waals surface area contributed by atoms with E-state index in [2.05, 4.69) is 5.32 Å². The summed E-state index contributed by atoms with van der Waals surface area (Å²) in [6.07, 6.45) is 1.24. The SMILES string of the molecule is Cc1ccc(-c2ccc(/C=C(\C#N)C(=O)Nc3cc(Cl)cc(Cl)c3)o2)c([N+](=O)[O-])c1. The number of hydrogen-bond donors (Lipinski definition) is 1. The average molecular weight is 442 g/mol. The number of amides is 1.